The minimum atomic E-state index is 0.258. The second kappa shape index (κ2) is 9.73. The van der Waals surface area contributed by atoms with Crippen molar-refractivity contribution in [3.8, 4) is 11.6 Å². The van der Waals surface area contributed by atoms with Gasteiger partial charge in [-0.15, -0.1) is 0 Å². The van der Waals surface area contributed by atoms with Gasteiger partial charge in [0.15, 0.2) is 0 Å². The zero-order valence-corrected chi connectivity index (χ0v) is 17.3. The zero-order valence-electron chi connectivity index (χ0n) is 16.5. The molecule has 3 rings (SSSR count). The van der Waals surface area contributed by atoms with E-state index < -0.39 is 0 Å². The van der Waals surface area contributed by atoms with Crippen molar-refractivity contribution < 1.29 is 9.53 Å². The molecule has 0 atom stereocenters. The summed E-state index contributed by atoms with van der Waals surface area (Å²) in [6.45, 7) is 7.07. The quantitative estimate of drug-likeness (QED) is 0.640. The molecule has 1 fully saturated rings. The van der Waals surface area contributed by atoms with E-state index in [4.69, 9.17) is 16.3 Å². The number of ether oxygens (including phenoxy) is 1. The minimum Gasteiger partial charge on any atom is -0.437 e. The van der Waals surface area contributed by atoms with E-state index in [9.17, 15) is 4.79 Å². The molecule has 1 aliphatic rings. The topological polar surface area (TPSA) is 58.6 Å². The number of aryl methyl sites for hydroxylation is 1. The molecule has 6 nitrogen and oxygen atoms in total. The average molecular weight is 403 g/mol. The molecule has 0 bridgehead atoms. The average Bonchev–Trinajstić information content (AvgIpc) is 2.71. The van der Waals surface area contributed by atoms with Gasteiger partial charge >= 0.3 is 0 Å². The van der Waals surface area contributed by atoms with Crippen LogP contribution in [0, 0.1) is 6.92 Å². The molecule has 150 valence electrons. The number of carbonyl (C=O) groups excluding carboxylic acids is 1. The van der Waals surface area contributed by atoms with Crippen molar-refractivity contribution >= 4 is 23.3 Å². The highest BCUT2D eigenvalue weighted by Gasteiger charge is 2.22. The van der Waals surface area contributed by atoms with Crippen LogP contribution < -0.4 is 9.64 Å². The lowest BCUT2D eigenvalue weighted by Gasteiger charge is -2.35. The SMILES string of the molecule is CCCCCC(=O)N1CCN(c2cc(Oc3cc(C)ccc3Cl)ncn2)CC1. The van der Waals surface area contributed by atoms with E-state index in [1.165, 1.54) is 6.33 Å². The first-order valence-electron chi connectivity index (χ1n) is 9.85. The molecule has 1 aromatic carbocycles. The fraction of sp³-hybridized carbons (Fsp3) is 0.476. The van der Waals surface area contributed by atoms with E-state index in [-0.39, 0.29) is 5.91 Å². The highest BCUT2D eigenvalue weighted by molar-refractivity contribution is 6.32. The fourth-order valence-electron chi connectivity index (χ4n) is 3.23. The van der Waals surface area contributed by atoms with Gasteiger partial charge < -0.3 is 14.5 Å². The van der Waals surface area contributed by atoms with Crippen molar-refractivity contribution in [1.82, 2.24) is 14.9 Å². The van der Waals surface area contributed by atoms with E-state index in [1.807, 2.05) is 36.1 Å². The van der Waals surface area contributed by atoms with Gasteiger partial charge in [0.05, 0.1) is 5.02 Å². The molecule has 0 N–H and O–H groups in total. The van der Waals surface area contributed by atoms with E-state index in [0.717, 1.165) is 56.8 Å². The Morgan fingerprint density at radius 2 is 1.93 bits per heavy atom. The predicted octanol–water partition coefficient (Wildman–Crippen LogP) is 4.46. The molecule has 28 heavy (non-hydrogen) atoms. The number of hydrogen-bond acceptors (Lipinski definition) is 5. The van der Waals surface area contributed by atoms with Gasteiger partial charge in [0.2, 0.25) is 11.8 Å². The second-order valence-electron chi connectivity index (χ2n) is 7.08. The molecule has 1 aromatic heterocycles. The molecule has 0 unspecified atom stereocenters. The highest BCUT2D eigenvalue weighted by Crippen LogP contribution is 2.30. The highest BCUT2D eigenvalue weighted by atomic mass is 35.5. The standard InChI is InChI=1S/C21H27ClN4O2/c1-3-4-5-6-21(27)26-11-9-25(10-12-26)19-14-20(24-15-23-19)28-18-13-16(2)7-8-17(18)22/h7-8,13-15H,3-6,9-12H2,1-2H3. The molecule has 7 heteroatoms. The van der Waals surface area contributed by atoms with Gasteiger partial charge in [-0.2, -0.15) is 0 Å². The van der Waals surface area contributed by atoms with E-state index in [0.29, 0.717) is 23.1 Å². The Labute approximate surface area is 171 Å². The van der Waals surface area contributed by atoms with Crippen molar-refractivity contribution in [2.75, 3.05) is 31.1 Å². The smallest absolute Gasteiger partial charge is 0.224 e. The fourth-order valence-corrected chi connectivity index (χ4v) is 3.39. The number of nitrogens with zero attached hydrogens (tertiary/aromatic N) is 4. The summed E-state index contributed by atoms with van der Waals surface area (Å²) in [7, 11) is 0. The zero-order chi connectivity index (χ0) is 19.9. The number of amides is 1. The Hall–Kier alpha value is -2.34. The molecule has 0 aliphatic carbocycles. The van der Waals surface area contributed by atoms with Crippen LogP contribution in [0.1, 0.15) is 38.2 Å². The lowest BCUT2D eigenvalue weighted by Crippen LogP contribution is -2.49. The molecule has 2 aromatic rings. The summed E-state index contributed by atoms with van der Waals surface area (Å²) < 4.78 is 5.86. The molecule has 1 aliphatic heterocycles. The molecule has 1 amide bonds. The van der Waals surface area contributed by atoms with Crippen LogP contribution >= 0.6 is 11.6 Å². The van der Waals surface area contributed by atoms with Crippen LogP contribution in [-0.4, -0.2) is 47.0 Å². The third kappa shape index (κ3) is 5.35. The molecule has 1 saturated heterocycles. The Balaban J connectivity index is 1.59. The normalized spacial score (nSPS) is 14.2. The lowest BCUT2D eigenvalue weighted by molar-refractivity contribution is -0.131. The maximum absolute atomic E-state index is 12.3. The molecule has 0 radical (unpaired) electrons. The number of benzene rings is 1. The first kappa shape index (κ1) is 20.4. The Bertz CT molecular complexity index is 807. The third-order valence-corrected chi connectivity index (χ3v) is 5.19. The Kier molecular flexibility index (Phi) is 7.09. The van der Waals surface area contributed by atoms with Crippen LogP contribution in [0.2, 0.25) is 5.02 Å². The van der Waals surface area contributed by atoms with Crippen molar-refractivity contribution in [1.29, 1.82) is 0 Å². The number of aromatic nitrogens is 2. The largest absolute Gasteiger partial charge is 0.437 e. The number of hydrogen-bond donors (Lipinski definition) is 0. The van der Waals surface area contributed by atoms with Crippen molar-refractivity contribution in [3.63, 3.8) is 0 Å². The van der Waals surface area contributed by atoms with Gasteiger partial charge in [0.1, 0.15) is 17.9 Å². The Morgan fingerprint density at radius 1 is 1.14 bits per heavy atom. The first-order valence-corrected chi connectivity index (χ1v) is 10.2. The lowest BCUT2D eigenvalue weighted by atomic mass is 10.2. The number of halogens is 1. The van der Waals surface area contributed by atoms with Crippen LogP contribution in [-0.2, 0) is 4.79 Å². The van der Waals surface area contributed by atoms with Crippen molar-refractivity contribution in [2.45, 2.75) is 39.5 Å². The summed E-state index contributed by atoms with van der Waals surface area (Å²) in [5, 5.41) is 0.543. The summed E-state index contributed by atoms with van der Waals surface area (Å²) in [6.07, 6.45) is 5.37. The first-order chi connectivity index (χ1) is 13.6. The van der Waals surface area contributed by atoms with E-state index in [2.05, 4.69) is 21.8 Å². The number of piperazine rings is 1. The summed E-state index contributed by atoms with van der Waals surface area (Å²) in [6, 6.07) is 7.44. The van der Waals surface area contributed by atoms with E-state index in [1.54, 1.807) is 0 Å². The summed E-state index contributed by atoms with van der Waals surface area (Å²) in [4.78, 5) is 25.0. The van der Waals surface area contributed by atoms with Gasteiger partial charge in [-0.1, -0.05) is 37.4 Å². The molecule has 0 spiro atoms. The molecular formula is C21H27ClN4O2. The number of unbranched alkanes of at least 4 members (excludes halogenated alkanes) is 2. The van der Waals surface area contributed by atoms with Gasteiger partial charge in [-0.3, -0.25) is 4.79 Å². The number of rotatable bonds is 7. The molecule has 2 heterocycles. The van der Waals surface area contributed by atoms with Crippen LogP contribution in [0.25, 0.3) is 0 Å². The molecule has 0 saturated carbocycles. The number of carbonyl (C=O) groups is 1. The van der Waals surface area contributed by atoms with E-state index >= 15 is 0 Å². The van der Waals surface area contributed by atoms with Crippen LogP contribution in [0.15, 0.2) is 30.6 Å². The third-order valence-electron chi connectivity index (χ3n) is 4.88. The van der Waals surface area contributed by atoms with Gasteiger partial charge in [-0.05, 0) is 31.0 Å². The van der Waals surface area contributed by atoms with Crippen molar-refractivity contribution in [3.05, 3.63) is 41.2 Å². The monoisotopic (exact) mass is 402 g/mol. The summed E-state index contributed by atoms with van der Waals surface area (Å²) >= 11 is 6.21. The van der Waals surface area contributed by atoms with Gasteiger partial charge in [0, 0.05) is 38.7 Å². The second-order valence-corrected chi connectivity index (χ2v) is 7.48. The van der Waals surface area contributed by atoms with Crippen LogP contribution in [0.5, 0.6) is 11.6 Å². The maximum Gasteiger partial charge on any atom is 0.224 e. The number of anilines is 1. The molecular weight excluding hydrogens is 376 g/mol. The van der Waals surface area contributed by atoms with Crippen molar-refractivity contribution in [2.24, 2.45) is 0 Å². The van der Waals surface area contributed by atoms with Gasteiger partial charge in [0.25, 0.3) is 0 Å². The van der Waals surface area contributed by atoms with Gasteiger partial charge in [-0.25, -0.2) is 9.97 Å². The minimum absolute atomic E-state index is 0.258. The van der Waals surface area contributed by atoms with Crippen LogP contribution in [0.4, 0.5) is 5.82 Å². The summed E-state index contributed by atoms with van der Waals surface area (Å²) in [5.41, 5.74) is 1.06. The van der Waals surface area contributed by atoms with Crippen LogP contribution in [0.3, 0.4) is 0 Å². The predicted molar refractivity (Wildman–Crippen MR) is 111 cm³/mol. The maximum atomic E-state index is 12.3. The summed E-state index contributed by atoms with van der Waals surface area (Å²) in [5.74, 6) is 2.09. The Morgan fingerprint density at radius 3 is 2.68 bits per heavy atom.